The predicted molar refractivity (Wildman–Crippen MR) is 99.5 cm³/mol. The molecular weight excluding hydrogens is 364 g/mol. The first-order valence-electron chi connectivity index (χ1n) is 9.01. The number of anilines is 2. The number of hydrogen-bond donors (Lipinski definition) is 2. The van der Waals surface area contributed by atoms with Gasteiger partial charge < -0.3 is 29.8 Å². The highest BCUT2D eigenvalue weighted by Gasteiger charge is 2.43. The Labute approximate surface area is 160 Å². The number of aryl methyl sites for hydroxylation is 1. The summed E-state index contributed by atoms with van der Waals surface area (Å²) in [6, 6.07) is 0. The maximum Gasteiger partial charge on any atom is 0.219 e. The summed E-state index contributed by atoms with van der Waals surface area (Å²) >= 11 is 0. The number of aromatic nitrogens is 6. The highest BCUT2D eigenvalue weighted by molar-refractivity contribution is 5.86. The van der Waals surface area contributed by atoms with Crippen LogP contribution >= 0.6 is 0 Å². The molecule has 5 rings (SSSR count). The number of fused-ring (bicyclic) bond motifs is 1. The quantitative estimate of drug-likeness (QED) is 0.605. The SMILES string of the molecule is Cn1c(C2(O)COC2)nc2c(N3CCOCC3)nc(-c3cnc(N)nc3)nc21. The second kappa shape index (κ2) is 6.33. The first kappa shape index (κ1) is 17.2. The molecule has 11 nitrogen and oxygen atoms in total. The largest absolute Gasteiger partial charge is 0.378 e. The van der Waals surface area contributed by atoms with Gasteiger partial charge in [0.15, 0.2) is 28.4 Å². The third-order valence-electron chi connectivity index (χ3n) is 5.04. The van der Waals surface area contributed by atoms with E-state index in [2.05, 4.69) is 19.9 Å². The Bertz CT molecular complexity index is 1030. The molecule has 0 unspecified atom stereocenters. The van der Waals surface area contributed by atoms with Crippen LogP contribution in [-0.2, 0) is 22.1 Å². The molecule has 0 aliphatic carbocycles. The Balaban J connectivity index is 1.71. The van der Waals surface area contributed by atoms with Crippen molar-refractivity contribution in [3.63, 3.8) is 0 Å². The summed E-state index contributed by atoms with van der Waals surface area (Å²) in [5, 5.41) is 10.8. The van der Waals surface area contributed by atoms with Gasteiger partial charge in [-0.3, -0.25) is 0 Å². The van der Waals surface area contributed by atoms with Crippen LogP contribution in [0.25, 0.3) is 22.6 Å². The summed E-state index contributed by atoms with van der Waals surface area (Å²) in [5.74, 6) is 1.88. The van der Waals surface area contributed by atoms with Crippen LogP contribution in [0.15, 0.2) is 12.4 Å². The fraction of sp³-hybridized carbons (Fsp3) is 0.471. The van der Waals surface area contributed by atoms with Gasteiger partial charge >= 0.3 is 0 Å². The molecular formula is C17H20N8O3. The Morgan fingerprint density at radius 1 is 1.07 bits per heavy atom. The van der Waals surface area contributed by atoms with Gasteiger partial charge in [0.1, 0.15) is 5.82 Å². The van der Waals surface area contributed by atoms with Crippen LogP contribution in [0.4, 0.5) is 11.8 Å². The van der Waals surface area contributed by atoms with Crippen molar-refractivity contribution in [3.8, 4) is 11.4 Å². The van der Waals surface area contributed by atoms with Gasteiger partial charge in [-0.15, -0.1) is 0 Å². The molecule has 2 aliphatic heterocycles. The van der Waals surface area contributed by atoms with E-state index < -0.39 is 5.60 Å². The minimum atomic E-state index is -1.11. The van der Waals surface area contributed by atoms with Gasteiger partial charge in [0, 0.05) is 32.5 Å². The van der Waals surface area contributed by atoms with Crippen molar-refractivity contribution < 1.29 is 14.6 Å². The highest BCUT2D eigenvalue weighted by atomic mass is 16.5. The van der Waals surface area contributed by atoms with E-state index in [0.717, 1.165) is 0 Å². The van der Waals surface area contributed by atoms with Gasteiger partial charge in [-0.05, 0) is 0 Å². The molecule has 3 aromatic rings. The smallest absolute Gasteiger partial charge is 0.219 e. The lowest BCUT2D eigenvalue weighted by molar-refractivity contribution is -0.190. The topological polar surface area (TPSA) is 137 Å². The first-order chi connectivity index (χ1) is 13.5. The molecule has 3 aromatic heterocycles. The van der Waals surface area contributed by atoms with Crippen molar-refractivity contribution in [2.75, 3.05) is 50.2 Å². The number of morpholine rings is 1. The summed E-state index contributed by atoms with van der Waals surface area (Å²) < 4.78 is 12.5. The highest BCUT2D eigenvalue weighted by Crippen LogP contribution is 2.34. The van der Waals surface area contributed by atoms with E-state index in [0.29, 0.717) is 60.5 Å². The standard InChI is InChI=1S/C17H20N8O3/c1-24-13-11(21-15(24)17(26)8-28-9-17)14(25-2-4-27-5-3-25)23-12(22-13)10-6-19-16(18)20-7-10/h6-7,26H,2-5,8-9H2,1H3,(H2,18,19,20). The first-order valence-corrected chi connectivity index (χ1v) is 9.01. The maximum absolute atomic E-state index is 10.8. The van der Waals surface area contributed by atoms with Gasteiger partial charge in [0.25, 0.3) is 0 Å². The average Bonchev–Trinajstić information content (AvgIpc) is 3.04. The molecule has 3 N–H and O–H groups in total. The Morgan fingerprint density at radius 2 is 1.79 bits per heavy atom. The number of ether oxygens (including phenoxy) is 2. The second-order valence-electron chi connectivity index (χ2n) is 6.99. The van der Waals surface area contributed by atoms with E-state index in [-0.39, 0.29) is 19.2 Å². The molecule has 0 bridgehead atoms. The summed E-state index contributed by atoms with van der Waals surface area (Å²) in [4.78, 5) is 24.3. The van der Waals surface area contributed by atoms with Crippen LogP contribution < -0.4 is 10.6 Å². The van der Waals surface area contributed by atoms with Crippen molar-refractivity contribution in [1.82, 2.24) is 29.5 Å². The van der Waals surface area contributed by atoms with Crippen LogP contribution in [0.3, 0.4) is 0 Å². The molecule has 28 heavy (non-hydrogen) atoms. The van der Waals surface area contributed by atoms with Gasteiger partial charge in [0.2, 0.25) is 5.95 Å². The molecule has 0 spiro atoms. The third kappa shape index (κ3) is 2.66. The molecule has 0 atom stereocenters. The fourth-order valence-electron chi connectivity index (χ4n) is 3.47. The van der Waals surface area contributed by atoms with Gasteiger partial charge in [0.05, 0.1) is 32.0 Å². The lowest BCUT2D eigenvalue weighted by Gasteiger charge is -2.35. The Morgan fingerprint density at radius 3 is 2.43 bits per heavy atom. The molecule has 0 amide bonds. The van der Waals surface area contributed by atoms with E-state index in [1.807, 2.05) is 7.05 Å². The Hall–Kier alpha value is -2.89. The number of rotatable bonds is 3. The summed E-state index contributed by atoms with van der Waals surface area (Å²) in [5.41, 5.74) is 6.41. The van der Waals surface area contributed by atoms with E-state index in [4.69, 9.17) is 25.2 Å². The molecule has 2 aliphatic rings. The van der Waals surface area contributed by atoms with Crippen molar-refractivity contribution >= 4 is 22.9 Å². The molecule has 0 aromatic carbocycles. The molecule has 2 fully saturated rings. The fourth-order valence-corrected chi connectivity index (χ4v) is 3.47. The van der Waals surface area contributed by atoms with Crippen LogP contribution in [0, 0.1) is 0 Å². The second-order valence-corrected chi connectivity index (χ2v) is 6.99. The number of nitrogens with zero attached hydrogens (tertiary/aromatic N) is 7. The van der Waals surface area contributed by atoms with Crippen molar-refractivity contribution in [3.05, 3.63) is 18.2 Å². The number of hydrogen-bond acceptors (Lipinski definition) is 10. The summed E-state index contributed by atoms with van der Waals surface area (Å²) in [6.45, 7) is 3.05. The normalized spacial score (nSPS) is 19.0. The lowest BCUT2D eigenvalue weighted by atomic mass is 10.0. The van der Waals surface area contributed by atoms with Gasteiger partial charge in [-0.1, -0.05) is 0 Å². The van der Waals surface area contributed by atoms with E-state index >= 15 is 0 Å². The number of nitrogens with two attached hydrogens (primary N) is 1. The van der Waals surface area contributed by atoms with Crippen molar-refractivity contribution in [2.45, 2.75) is 5.60 Å². The van der Waals surface area contributed by atoms with Gasteiger partial charge in [-0.2, -0.15) is 0 Å². The average molecular weight is 384 g/mol. The van der Waals surface area contributed by atoms with Gasteiger partial charge in [-0.25, -0.2) is 24.9 Å². The molecule has 11 heteroatoms. The maximum atomic E-state index is 10.8. The molecule has 146 valence electrons. The zero-order valence-electron chi connectivity index (χ0n) is 15.4. The van der Waals surface area contributed by atoms with Crippen LogP contribution in [-0.4, -0.2) is 74.1 Å². The minimum absolute atomic E-state index is 0.188. The number of imidazole rings is 1. The number of nitrogen functional groups attached to an aromatic ring is 1. The number of aliphatic hydroxyl groups is 1. The minimum Gasteiger partial charge on any atom is -0.378 e. The molecule has 0 radical (unpaired) electrons. The van der Waals surface area contributed by atoms with Crippen molar-refractivity contribution in [1.29, 1.82) is 0 Å². The van der Waals surface area contributed by atoms with Crippen LogP contribution in [0.2, 0.25) is 0 Å². The monoisotopic (exact) mass is 384 g/mol. The zero-order chi connectivity index (χ0) is 19.3. The molecule has 2 saturated heterocycles. The Kier molecular flexibility index (Phi) is 3.89. The molecule has 5 heterocycles. The summed E-state index contributed by atoms with van der Waals surface area (Å²) in [7, 11) is 1.83. The van der Waals surface area contributed by atoms with E-state index in [1.165, 1.54) is 0 Å². The predicted octanol–water partition coefficient (Wildman–Crippen LogP) is -0.543. The van der Waals surface area contributed by atoms with E-state index in [9.17, 15) is 5.11 Å². The third-order valence-corrected chi connectivity index (χ3v) is 5.04. The molecule has 0 saturated carbocycles. The van der Waals surface area contributed by atoms with Crippen molar-refractivity contribution in [2.24, 2.45) is 7.05 Å². The van der Waals surface area contributed by atoms with Crippen LogP contribution in [0.5, 0.6) is 0 Å². The zero-order valence-corrected chi connectivity index (χ0v) is 15.4. The lowest BCUT2D eigenvalue weighted by Crippen LogP contribution is -2.48. The van der Waals surface area contributed by atoms with Crippen LogP contribution in [0.1, 0.15) is 5.82 Å². The van der Waals surface area contributed by atoms with E-state index in [1.54, 1.807) is 17.0 Å². The summed E-state index contributed by atoms with van der Waals surface area (Å²) in [6.07, 6.45) is 3.19.